The Labute approximate surface area is 209 Å². The number of carbonyl (C=O) groups is 1. The number of aromatic nitrogens is 5. The van der Waals surface area contributed by atoms with E-state index in [4.69, 9.17) is 9.51 Å². The van der Waals surface area contributed by atoms with Crippen LogP contribution >= 0.6 is 0 Å². The van der Waals surface area contributed by atoms with E-state index in [-0.39, 0.29) is 17.1 Å². The number of nitrogens with one attached hydrogen (secondary N) is 1. The highest BCUT2D eigenvalue weighted by molar-refractivity contribution is 5.90. The van der Waals surface area contributed by atoms with Crippen LogP contribution in [0.5, 0.6) is 0 Å². The minimum Gasteiger partial charge on any atom is -0.353 e. The van der Waals surface area contributed by atoms with Crippen molar-refractivity contribution in [2.45, 2.75) is 38.6 Å². The van der Waals surface area contributed by atoms with Crippen LogP contribution in [0.1, 0.15) is 47.4 Å². The van der Waals surface area contributed by atoms with E-state index in [0.29, 0.717) is 12.4 Å². The summed E-state index contributed by atoms with van der Waals surface area (Å²) in [6.45, 7) is 8.39. The summed E-state index contributed by atoms with van der Waals surface area (Å²) >= 11 is 0. The summed E-state index contributed by atoms with van der Waals surface area (Å²) in [5.41, 5.74) is 4.90. The summed E-state index contributed by atoms with van der Waals surface area (Å²) in [4.78, 5) is 26.6. The quantitative estimate of drug-likeness (QED) is 0.444. The summed E-state index contributed by atoms with van der Waals surface area (Å²) in [6, 6.07) is 8.19. The van der Waals surface area contributed by atoms with Gasteiger partial charge in [-0.3, -0.25) is 4.79 Å². The number of benzene rings is 1. The van der Waals surface area contributed by atoms with Gasteiger partial charge >= 0.3 is 0 Å². The van der Waals surface area contributed by atoms with Crippen LogP contribution in [0.3, 0.4) is 0 Å². The van der Waals surface area contributed by atoms with Gasteiger partial charge in [0.1, 0.15) is 5.82 Å². The second-order valence-corrected chi connectivity index (χ2v) is 10.2. The van der Waals surface area contributed by atoms with Gasteiger partial charge in [-0.1, -0.05) is 24.2 Å². The van der Waals surface area contributed by atoms with Crippen molar-refractivity contribution < 1.29 is 9.32 Å². The predicted octanol–water partition coefficient (Wildman–Crippen LogP) is 2.82. The zero-order valence-corrected chi connectivity index (χ0v) is 20.9. The fraction of sp³-hybridized carbons (Fsp3) is 0.423. The molecule has 186 valence electrons. The average Bonchev–Trinajstić information content (AvgIpc) is 3.27. The minimum absolute atomic E-state index is 0.0609. The van der Waals surface area contributed by atoms with Gasteiger partial charge in [0.05, 0.1) is 23.6 Å². The van der Waals surface area contributed by atoms with E-state index in [2.05, 4.69) is 56.5 Å². The second kappa shape index (κ2) is 8.70. The number of rotatable bonds is 6. The largest absolute Gasteiger partial charge is 0.353 e. The highest BCUT2D eigenvalue weighted by Crippen LogP contribution is 2.46. The molecule has 1 aliphatic carbocycles. The van der Waals surface area contributed by atoms with Crippen LogP contribution < -0.4 is 10.2 Å². The first-order valence-corrected chi connectivity index (χ1v) is 12.4. The van der Waals surface area contributed by atoms with E-state index < -0.39 is 0 Å². The Morgan fingerprint density at radius 3 is 2.69 bits per heavy atom. The van der Waals surface area contributed by atoms with Gasteiger partial charge in [0, 0.05) is 43.7 Å². The highest BCUT2D eigenvalue weighted by Gasteiger charge is 2.44. The predicted molar refractivity (Wildman–Crippen MR) is 135 cm³/mol. The van der Waals surface area contributed by atoms with Gasteiger partial charge in [0.25, 0.3) is 11.7 Å². The van der Waals surface area contributed by atoms with Crippen molar-refractivity contribution in [2.24, 2.45) is 0 Å². The first kappa shape index (κ1) is 22.7. The molecule has 0 atom stereocenters. The molecule has 1 aromatic carbocycles. The molecule has 2 aliphatic rings. The van der Waals surface area contributed by atoms with E-state index in [0.717, 1.165) is 72.7 Å². The summed E-state index contributed by atoms with van der Waals surface area (Å²) in [5.74, 6) is 1.23. The molecule has 36 heavy (non-hydrogen) atoms. The fourth-order valence-corrected chi connectivity index (χ4v) is 4.57. The monoisotopic (exact) mass is 486 g/mol. The maximum absolute atomic E-state index is 12.6. The summed E-state index contributed by atoms with van der Waals surface area (Å²) in [5, 5.41) is 11.3. The standard InChI is InChI=1S/C26H30N8O2/c1-17-14-18(4-5-19(17)15-27-24(35)23-30-25(36-31-23)26(2)7-8-26)22-20-6-9-28-34(20)16-21(29-22)33-12-10-32(3)11-13-33/h4-6,9,14,16H,7-8,10-13,15H2,1-3H3,(H,27,35). The molecule has 2 fully saturated rings. The third-order valence-corrected chi connectivity index (χ3v) is 7.41. The van der Waals surface area contributed by atoms with Gasteiger partial charge in [0.2, 0.25) is 5.89 Å². The number of aryl methyl sites for hydroxylation is 1. The maximum Gasteiger partial charge on any atom is 0.292 e. The van der Waals surface area contributed by atoms with Crippen molar-refractivity contribution in [1.29, 1.82) is 0 Å². The Hall–Kier alpha value is -3.79. The molecular formula is C26H30N8O2. The van der Waals surface area contributed by atoms with Crippen LogP contribution in [-0.2, 0) is 12.0 Å². The zero-order valence-electron chi connectivity index (χ0n) is 20.9. The molecule has 4 aromatic rings. The molecule has 1 saturated carbocycles. The number of nitrogens with zero attached hydrogens (tertiary/aromatic N) is 7. The average molecular weight is 487 g/mol. The molecule has 10 heteroatoms. The van der Waals surface area contributed by atoms with E-state index in [9.17, 15) is 4.79 Å². The molecule has 0 spiro atoms. The van der Waals surface area contributed by atoms with Crippen LogP contribution in [0.15, 0.2) is 41.2 Å². The van der Waals surface area contributed by atoms with Gasteiger partial charge in [0.15, 0.2) is 0 Å². The third-order valence-electron chi connectivity index (χ3n) is 7.41. The van der Waals surface area contributed by atoms with Crippen LogP contribution in [0, 0.1) is 6.92 Å². The SMILES string of the molecule is Cc1cc(-c2nc(N3CCN(C)CC3)cn3nccc23)ccc1CNC(=O)c1noc(C2(C)CC2)n1. The molecule has 10 nitrogen and oxygen atoms in total. The van der Waals surface area contributed by atoms with Crippen molar-refractivity contribution in [3.05, 3.63) is 59.5 Å². The van der Waals surface area contributed by atoms with Crippen LogP contribution in [0.4, 0.5) is 5.82 Å². The van der Waals surface area contributed by atoms with Crippen molar-refractivity contribution in [2.75, 3.05) is 38.1 Å². The van der Waals surface area contributed by atoms with E-state index in [1.807, 2.05) is 29.8 Å². The lowest BCUT2D eigenvalue weighted by Gasteiger charge is -2.33. The number of amides is 1. The van der Waals surface area contributed by atoms with Crippen LogP contribution in [-0.4, -0.2) is 68.8 Å². The number of hydrogen-bond acceptors (Lipinski definition) is 8. The van der Waals surface area contributed by atoms with Crippen LogP contribution in [0.25, 0.3) is 16.8 Å². The van der Waals surface area contributed by atoms with Crippen molar-refractivity contribution in [1.82, 2.24) is 35.0 Å². The normalized spacial score (nSPS) is 17.5. The Balaban J connectivity index is 1.21. The van der Waals surface area contributed by atoms with Gasteiger partial charge in [-0.15, -0.1) is 0 Å². The lowest BCUT2D eigenvalue weighted by molar-refractivity contribution is 0.0937. The lowest BCUT2D eigenvalue weighted by Crippen LogP contribution is -2.44. The molecule has 1 N–H and O–H groups in total. The number of carbonyl (C=O) groups excluding carboxylic acids is 1. The van der Waals surface area contributed by atoms with Crippen molar-refractivity contribution in [3.8, 4) is 11.3 Å². The topological polar surface area (TPSA) is 105 Å². The minimum atomic E-state index is -0.333. The molecule has 3 aromatic heterocycles. The number of hydrogen-bond donors (Lipinski definition) is 1. The molecule has 1 amide bonds. The lowest BCUT2D eigenvalue weighted by atomic mass is 10.0. The number of likely N-dealkylation sites (N-methyl/N-ethyl adjacent to an activating group) is 1. The highest BCUT2D eigenvalue weighted by atomic mass is 16.5. The maximum atomic E-state index is 12.6. The Morgan fingerprint density at radius 2 is 1.94 bits per heavy atom. The molecular weight excluding hydrogens is 456 g/mol. The summed E-state index contributed by atoms with van der Waals surface area (Å²) < 4.78 is 7.20. The van der Waals surface area contributed by atoms with Crippen molar-refractivity contribution >= 4 is 17.2 Å². The second-order valence-electron chi connectivity index (χ2n) is 10.2. The molecule has 6 rings (SSSR count). The van der Waals surface area contributed by atoms with Crippen molar-refractivity contribution in [3.63, 3.8) is 0 Å². The molecule has 1 aliphatic heterocycles. The Bertz CT molecular complexity index is 1430. The summed E-state index contributed by atoms with van der Waals surface area (Å²) in [7, 11) is 2.15. The van der Waals surface area contributed by atoms with E-state index in [1.54, 1.807) is 6.20 Å². The number of fused-ring (bicyclic) bond motifs is 1. The van der Waals surface area contributed by atoms with Gasteiger partial charge in [-0.25, -0.2) is 9.50 Å². The van der Waals surface area contributed by atoms with E-state index >= 15 is 0 Å². The first-order valence-electron chi connectivity index (χ1n) is 12.4. The molecule has 1 saturated heterocycles. The van der Waals surface area contributed by atoms with Gasteiger partial charge in [-0.05, 0) is 50.1 Å². The number of piperazine rings is 1. The summed E-state index contributed by atoms with van der Waals surface area (Å²) in [6.07, 6.45) is 5.84. The van der Waals surface area contributed by atoms with Gasteiger partial charge < -0.3 is 19.6 Å². The smallest absolute Gasteiger partial charge is 0.292 e. The third kappa shape index (κ3) is 4.21. The number of anilines is 1. The molecule has 0 unspecified atom stereocenters. The van der Waals surface area contributed by atoms with Gasteiger partial charge in [-0.2, -0.15) is 10.1 Å². The van der Waals surface area contributed by atoms with Crippen LogP contribution in [0.2, 0.25) is 0 Å². The fourth-order valence-electron chi connectivity index (χ4n) is 4.57. The molecule has 0 bridgehead atoms. The zero-order chi connectivity index (χ0) is 24.9. The van der Waals surface area contributed by atoms with E-state index in [1.165, 1.54) is 0 Å². The molecule has 4 heterocycles. The Morgan fingerprint density at radius 1 is 1.14 bits per heavy atom. The first-order chi connectivity index (χ1) is 17.4. The molecule has 0 radical (unpaired) electrons. The Kier molecular flexibility index (Phi) is 5.48.